The Morgan fingerprint density at radius 1 is 1.13 bits per heavy atom. The van der Waals surface area contributed by atoms with E-state index in [-0.39, 0.29) is 12.5 Å². The average molecular weight is 432 g/mol. The fourth-order valence-electron chi connectivity index (χ4n) is 3.96. The van der Waals surface area contributed by atoms with Crippen molar-refractivity contribution in [2.24, 2.45) is 10.9 Å². The zero-order valence-corrected chi connectivity index (χ0v) is 19.7. The van der Waals surface area contributed by atoms with Crippen LogP contribution >= 0.6 is 0 Å². The lowest BCUT2D eigenvalue weighted by Crippen LogP contribution is -2.49. The minimum atomic E-state index is -0.111. The molecule has 7 nitrogen and oxygen atoms in total. The predicted molar refractivity (Wildman–Crippen MR) is 127 cm³/mol. The maximum absolute atomic E-state index is 11.6. The average Bonchev–Trinajstić information content (AvgIpc) is 3.04. The number of ether oxygens (including phenoxy) is 1. The van der Waals surface area contributed by atoms with E-state index in [1.54, 1.807) is 7.05 Å². The van der Waals surface area contributed by atoms with Gasteiger partial charge in [-0.15, -0.1) is 0 Å². The lowest BCUT2D eigenvalue weighted by atomic mass is 10.0. The van der Waals surface area contributed by atoms with Crippen LogP contribution in [0.4, 0.5) is 0 Å². The van der Waals surface area contributed by atoms with Gasteiger partial charge in [-0.3, -0.25) is 14.7 Å². The minimum absolute atomic E-state index is 0.0288. The van der Waals surface area contributed by atoms with E-state index in [2.05, 4.69) is 39.7 Å². The second-order valence-electron chi connectivity index (χ2n) is 8.46. The van der Waals surface area contributed by atoms with Crippen molar-refractivity contribution in [1.29, 1.82) is 0 Å². The summed E-state index contributed by atoms with van der Waals surface area (Å²) in [5, 5.41) is 9.65. The van der Waals surface area contributed by atoms with E-state index >= 15 is 0 Å². The van der Waals surface area contributed by atoms with Gasteiger partial charge in [0.05, 0.1) is 0 Å². The molecular formula is C24H41N5O2. The van der Waals surface area contributed by atoms with Crippen molar-refractivity contribution in [3.8, 4) is 5.75 Å². The van der Waals surface area contributed by atoms with Crippen molar-refractivity contribution in [1.82, 2.24) is 20.9 Å². The zero-order valence-electron chi connectivity index (χ0n) is 19.7. The van der Waals surface area contributed by atoms with Crippen molar-refractivity contribution < 1.29 is 9.53 Å². The Labute approximate surface area is 188 Å². The van der Waals surface area contributed by atoms with Gasteiger partial charge in [0.1, 0.15) is 5.75 Å². The van der Waals surface area contributed by atoms with Crippen LogP contribution in [0.15, 0.2) is 29.3 Å². The van der Waals surface area contributed by atoms with Crippen LogP contribution in [0.25, 0.3) is 0 Å². The number of amides is 1. The lowest BCUT2D eigenvalue weighted by Gasteiger charge is -2.34. The van der Waals surface area contributed by atoms with Gasteiger partial charge in [0.25, 0.3) is 5.91 Å². The Balaban J connectivity index is 1.84. The first-order chi connectivity index (χ1) is 15.0. The Bertz CT molecular complexity index is 684. The number of aliphatic imine (C=N–C) groups is 1. The van der Waals surface area contributed by atoms with Crippen LogP contribution in [-0.2, 0) is 11.3 Å². The number of carbonyl (C=O) groups is 1. The van der Waals surface area contributed by atoms with Crippen LogP contribution in [0.1, 0.15) is 52.0 Å². The first-order valence-corrected chi connectivity index (χ1v) is 11.7. The topological polar surface area (TPSA) is 78.0 Å². The van der Waals surface area contributed by atoms with E-state index in [1.807, 2.05) is 31.2 Å². The number of likely N-dealkylation sites (tertiary alicyclic amines) is 1. The number of hydrogen-bond donors (Lipinski definition) is 3. The summed E-state index contributed by atoms with van der Waals surface area (Å²) < 4.78 is 5.59. The number of nitrogens with one attached hydrogen (secondary N) is 3. The third kappa shape index (κ3) is 9.17. The third-order valence-electron chi connectivity index (χ3n) is 5.68. The summed E-state index contributed by atoms with van der Waals surface area (Å²) >= 11 is 0. The highest BCUT2D eigenvalue weighted by Crippen LogP contribution is 2.17. The summed E-state index contributed by atoms with van der Waals surface area (Å²) in [5.41, 5.74) is 1.07. The van der Waals surface area contributed by atoms with Crippen molar-refractivity contribution in [2.75, 3.05) is 39.8 Å². The van der Waals surface area contributed by atoms with E-state index in [0.29, 0.717) is 30.8 Å². The lowest BCUT2D eigenvalue weighted by molar-refractivity contribution is -0.122. The number of guanidine groups is 1. The Morgan fingerprint density at radius 3 is 2.52 bits per heavy atom. The predicted octanol–water partition coefficient (Wildman–Crippen LogP) is 2.77. The molecule has 1 aromatic carbocycles. The smallest absolute Gasteiger partial charge is 0.257 e. The van der Waals surface area contributed by atoms with Crippen LogP contribution in [0.2, 0.25) is 0 Å². The summed E-state index contributed by atoms with van der Waals surface area (Å²) in [6, 6.07) is 8.29. The molecule has 1 aliphatic heterocycles. The summed E-state index contributed by atoms with van der Waals surface area (Å²) in [5.74, 6) is 1.96. The molecule has 0 radical (unpaired) electrons. The van der Waals surface area contributed by atoms with Gasteiger partial charge in [-0.25, -0.2) is 0 Å². The fraction of sp³-hybridized carbons (Fsp3) is 0.667. The molecule has 1 atom stereocenters. The van der Waals surface area contributed by atoms with Crippen molar-refractivity contribution >= 4 is 11.9 Å². The Morgan fingerprint density at radius 2 is 1.87 bits per heavy atom. The third-order valence-corrected chi connectivity index (χ3v) is 5.68. The number of likely N-dealkylation sites (N-methyl/N-ethyl adjacent to an activating group) is 1. The summed E-state index contributed by atoms with van der Waals surface area (Å²) in [4.78, 5) is 18.6. The molecule has 0 spiro atoms. The first-order valence-electron chi connectivity index (χ1n) is 11.7. The van der Waals surface area contributed by atoms with E-state index in [0.717, 1.165) is 18.1 Å². The largest absolute Gasteiger partial charge is 0.484 e. The Hall–Kier alpha value is -2.28. The molecular weight excluding hydrogens is 390 g/mol. The zero-order chi connectivity index (χ0) is 22.5. The maximum atomic E-state index is 11.6. The van der Waals surface area contributed by atoms with E-state index < -0.39 is 0 Å². The molecule has 0 bridgehead atoms. The highest BCUT2D eigenvalue weighted by molar-refractivity contribution is 5.79. The normalized spacial score (nSPS) is 16.5. The molecule has 1 unspecified atom stereocenters. The van der Waals surface area contributed by atoms with Gasteiger partial charge in [0, 0.05) is 32.7 Å². The van der Waals surface area contributed by atoms with Gasteiger partial charge in [-0.2, -0.15) is 0 Å². The first kappa shape index (κ1) is 25.0. The quantitative estimate of drug-likeness (QED) is 0.392. The van der Waals surface area contributed by atoms with Gasteiger partial charge >= 0.3 is 0 Å². The van der Waals surface area contributed by atoms with Crippen LogP contribution in [0.5, 0.6) is 5.75 Å². The molecule has 1 aromatic rings. The van der Waals surface area contributed by atoms with Gasteiger partial charge in [0.2, 0.25) is 0 Å². The molecule has 0 saturated carbocycles. The van der Waals surface area contributed by atoms with Crippen LogP contribution < -0.4 is 20.7 Å². The van der Waals surface area contributed by atoms with E-state index in [9.17, 15) is 4.79 Å². The summed E-state index contributed by atoms with van der Waals surface area (Å²) in [6.45, 7) is 11.0. The van der Waals surface area contributed by atoms with Gasteiger partial charge < -0.3 is 20.7 Å². The molecule has 2 rings (SSSR count). The second-order valence-corrected chi connectivity index (χ2v) is 8.46. The minimum Gasteiger partial charge on any atom is -0.484 e. The van der Waals surface area contributed by atoms with E-state index in [1.165, 1.54) is 38.8 Å². The molecule has 1 heterocycles. The Kier molecular flexibility index (Phi) is 11.2. The number of carbonyl (C=O) groups excluding carboxylic acids is 1. The molecule has 1 fully saturated rings. The number of hydrogen-bond acceptors (Lipinski definition) is 4. The van der Waals surface area contributed by atoms with Crippen molar-refractivity contribution in [3.63, 3.8) is 0 Å². The molecule has 0 aliphatic carbocycles. The molecule has 1 aliphatic rings. The maximum Gasteiger partial charge on any atom is 0.257 e. The second kappa shape index (κ2) is 13.9. The van der Waals surface area contributed by atoms with Gasteiger partial charge in [-0.05, 0) is 56.5 Å². The highest BCUT2D eigenvalue weighted by Gasteiger charge is 2.22. The number of rotatable bonds is 10. The standard InChI is InChI=1S/C24H41N5O2/c1-5-26-23(30)18-31-21-12-10-11-20(15-21)16-27-24(25-4)28-17-22(19(2)3)29-13-8-6-7-9-14-29/h10-12,15,19,22H,5-9,13-14,16-18H2,1-4H3,(H,26,30)(H2,25,27,28). The molecule has 0 aromatic heterocycles. The molecule has 3 N–H and O–H groups in total. The van der Waals surface area contributed by atoms with Crippen molar-refractivity contribution in [2.45, 2.75) is 59.0 Å². The highest BCUT2D eigenvalue weighted by atomic mass is 16.5. The number of benzene rings is 1. The molecule has 174 valence electrons. The summed E-state index contributed by atoms with van der Waals surface area (Å²) in [6.07, 6.45) is 5.30. The van der Waals surface area contributed by atoms with Gasteiger partial charge in [-0.1, -0.05) is 38.8 Å². The summed E-state index contributed by atoms with van der Waals surface area (Å²) in [7, 11) is 1.80. The van der Waals surface area contributed by atoms with Gasteiger partial charge in [0.15, 0.2) is 12.6 Å². The SMILES string of the molecule is CCNC(=O)COc1cccc(CNC(=NC)NCC(C(C)C)N2CCCCCC2)c1. The fourth-order valence-corrected chi connectivity index (χ4v) is 3.96. The van der Waals surface area contributed by atoms with Crippen LogP contribution in [0, 0.1) is 5.92 Å². The van der Waals surface area contributed by atoms with Crippen LogP contribution in [-0.4, -0.2) is 62.6 Å². The number of nitrogens with zero attached hydrogens (tertiary/aromatic N) is 2. The monoisotopic (exact) mass is 431 g/mol. The molecule has 31 heavy (non-hydrogen) atoms. The van der Waals surface area contributed by atoms with E-state index in [4.69, 9.17) is 4.74 Å². The van der Waals surface area contributed by atoms with Crippen molar-refractivity contribution in [3.05, 3.63) is 29.8 Å². The molecule has 7 heteroatoms. The molecule has 1 amide bonds. The molecule has 1 saturated heterocycles. The van der Waals surface area contributed by atoms with Crippen LogP contribution in [0.3, 0.4) is 0 Å².